The van der Waals surface area contributed by atoms with Crippen LogP contribution in [-0.4, -0.2) is 22.7 Å². The normalized spacial score (nSPS) is 15.5. The van der Waals surface area contributed by atoms with E-state index in [2.05, 4.69) is 10.3 Å². The van der Waals surface area contributed by atoms with Crippen LogP contribution in [0.1, 0.15) is 25.7 Å². The van der Waals surface area contributed by atoms with Crippen LogP contribution < -0.4 is 10.1 Å². The minimum atomic E-state index is -0.309. The summed E-state index contributed by atoms with van der Waals surface area (Å²) in [5, 5.41) is 3.46. The van der Waals surface area contributed by atoms with Crippen molar-refractivity contribution >= 4 is 5.95 Å². The molecule has 5 heteroatoms. The van der Waals surface area contributed by atoms with E-state index < -0.39 is 0 Å². The van der Waals surface area contributed by atoms with E-state index in [4.69, 9.17) is 4.74 Å². The molecule has 0 spiro atoms. The molecule has 1 heterocycles. The molecule has 0 saturated heterocycles. The molecular weight excluding hydrogens is 257 g/mol. The first-order valence-electron chi connectivity index (χ1n) is 6.92. The standard InChI is InChI=1S/C15H18FN3O/c1-20-14-10-11(16)6-7-13(14)19-9-8-17-15(19)18-12-4-2-3-5-12/h6-10,12H,2-5H2,1H3,(H,17,18). The molecule has 3 rings (SSSR count). The van der Waals surface area contributed by atoms with Gasteiger partial charge in [-0.1, -0.05) is 12.8 Å². The number of benzene rings is 1. The fraction of sp³-hybridized carbons (Fsp3) is 0.400. The Morgan fingerprint density at radius 2 is 2.15 bits per heavy atom. The highest BCUT2D eigenvalue weighted by Gasteiger charge is 2.18. The summed E-state index contributed by atoms with van der Waals surface area (Å²) in [6.45, 7) is 0. The maximum atomic E-state index is 13.3. The number of ether oxygens (including phenoxy) is 1. The zero-order valence-electron chi connectivity index (χ0n) is 11.5. The third kappa shape index (κ3) is 2.48. The van der Waals surface area contributed by atoms with Crippen LogP contribution in [0, 0.1) is 5.82 Å². The number of anilines is 1. The summed E-state index contributed by atoms with van der Waals surface area (Å²) in [5.41, 5.74) is 0.784. The second-order valence-corrected chi connectivity index (χ2v) is 5.06. The van der Waals surface area contributed by atoms with Gasteiger partial charge in [0.15, 0.2) is 0 Å². The van der Waals surface area contributed by atoms with E-state index in [1.165, 1.54) is 37.8 Å². The predicted octanol–water partition coefficient (Wildman–Crippen LogP) is 3.37. The molecule has 0 aliphatic heterocycles. The number of nitrogens with zero attached hydrogens (tertiary/aromatic N) is 2. The van der Waals surface area contributed by atoms with Gasteiger partial charge >= 0.3 is 0 Å². The maximum Gasteiger partial charge on any atom is 0.207 e. The van der Waals surface area contributed by atoms with Gasteiger partial charge in [-0.25, -0.2) is 9.37 Å². The molecule has 1 aliphatic rings. The lowest BCUT2D eigenvalue weighted by molar-refractivity contribution is 0.409. The number of hydrogen-bond acceptors (Lipinski definition) is 3. The second kappa shape index (κ2) is 5.53. The van der Waals surface area contributed by atoms with Crippen molar-refractivity contribution in [2.24, 2.45) is 0 Å². The second-order valence-electron chi connectivity index (χ2n) is 5.06. The Bertz CT molecular complexity index is 591. The monoisotopic (exact) mass is 275 g/mol. The molecule has 0 amide bonds. The summed E-state index contributed by atoms with van der Waals surface area (Å²) < 4.78 is 20.4. The number of imidazole rings is 1. The molecular formula is C15H18FN3O. The molecule has 1 aromatic carbocycles. The molecule has 0 radical (unpaired) electrons. The third-order valence-electron chi connectivity index (χ3n) is 3.73. The van der Waals surface area contributed by atoms with Crippen LogP contribution in [0.3, 0.4) is 0 Å². The van der Waals surface area contributed by atoms with E-state index in [0.29, 0.717) is 11.8 Å². The van der Waals surface area contributed by atoms with Gasteiger partial charge in [-0.3, -0.25) is 4.57 Å². The van der Waals surface area contributed by atoms with Crippen LogP contribution in [0.4, 0.5) is 10.3 Å². The summed E-state index contributed by atoms with van der Waals surface area (Å²) in [6.07, 6.45) is 8.46. The number of aromatic nitrogens is 2. The van der Waals surface area contributed by atoms with Crippen LogP contribution in [0.5, 0.6) is 5.75 Å². The molecule has 0 atom stereocenters. The number of halogens is 1. The topological polar surface area (TPSA) is 39.1 Å². The molecule has 106 valence electrons. The Morgan fingerprint density at radius 1 is 1.35 bits per heavy atom. The molecule has 0 unspecified atom stereocenters. The molecule has 1 N–H and O–H groups in total. The minimum Gasteiger partial charge on any atom is -0.494 e. The Labute approximate surface area is 117 Å². The van der Waals surface area contributed by atoms with Gasteiger partial charge in [0.1, 0.15) is 11.6 Å². The first kappa shape index (κ1) is 13.0. The Balaban J connectivity index is 1.92. The van der Waals surface area contributed by atoms with E-state index in [1.807, 2.05) is 10.8 Å². The van der Waals surface area contributed by atoms with Crippen LogP contribution >= 0.6 is 0 Å². The van der Waals surface area contributed by atoms with E-state index in [9.17, 15) is 4.39 Å². The molecule has 20 heavy (non-hydrogen) atoms. The average molecular weight is 275 g/mol. The van der Waals surface area contributed by atoms with E-state index in [0.717, 1.165) is 11.6 Å². The number of rotatable bonds is 4. The number of methoxy groups -OCH3 is 1. The molecule has 1 aromatic heterocycles. The largest absolute Gasteiger partial charge is 0.494 e. The summed E-state index contributed by atoms with van der Waals surface area (Å²) in [5.74, 6) is 0.968. The average Bonchev–Trinajstić information content (AvgIpc) is 3.11. The lowest BCUT2D eigenvalue weighted by Crippen LogP contribution is -2.17. The number of nitrogens with one attached hydrogen (secondary N) is 1. The molecule has 1 aliphatic carbocycles. The molecule has 1 saturated carbocycles. The number of hydrogen-bond donors (Lipinski definition) is 1. The zero-order chi connectivity index (χ0) is 13.9. The summed E-state index contributed by atoms with van der Waals surface area (Å²) in [4.78, 5) is 4.36. The summed E-state index contributed by atoms with van der Waals surface area (Å²) in [6, 6.07) is 4.99. The fourth-order valence-corrected chi connectivity index (χ4v) is 2.71. The third-order valence-corrected chi connectivity index (χ3v) is 3.73. The van der Waals surface area contributed by atoms with Crippen LogP contribution in [0.25, 0.3) is 5.69 Å². The van der Waals surface area contributed by atoms with E-state index >= 15 is 0 Å². The molecule has 0 bridgehead atoms. The Morgan fingerprint density at radius 3 is 2.90 bits per heavy atom. The summed E-state index contributed by atoms with van der Waals surface area (Å²) in [7, 11) is 1.54. The highest BCUT2D eigenvalue weighted by atomic mass is 19.1. The van der Waals surface area contributed by atoms with Gasteiger partial charge in [-0.15, -0.1) is 0 Å². The lowest BCUT2D eigenvalue weighted by Gasteiger charge is -2.16. The van der Waals surface area contributed by atoms with Crippen molar-refractivity contribution in [1.29, 1.82) is 0 Å². The molecule has 1 fully saturated rings. The highest BCUT2D eigenvalue weighted by molar-refractivity contribution is 5.51. The zero-order valence-corrected chi connectivity index (χ0v) is 11.5. The van der Waals surface area contributed by atoms with E-state index in [1.54, 1.807) is 19.4 Å². The molecule has 4 nitrogen and oxygen atoms in total. The minimum absolute atomic E-state index is 0.309. The quantitative estimate of drug-likeness (QED) is 0.929. The van der Waals surface area contributed by atoms with Crippen molar-refractivity contribution in [2.75, 3.05) is 12.4 Å². The first-order valence-corrected chi connectivity index (χ1v) is 6.92. The van der Waals surface area contributed by atoms with E-state index in [-0.39, 0.29) is 5.82 Å². The van der Waals surface area contributed by atoms with Gasteiger partial charge in [-0.05, 0) is 25.0 Å². The van der Waals surface area contributed by atoms with Gasteiger partial charge in [0, 0.05) is 24.5 Å². The summed E-state index contributed by atoms with van der Waals surface area (Å²) >= 11 is 0. The highest BCUT2D eigenvalue weighted by Crippen LogP contribution is 2.28. The lowest BCUT2D eigenvalue weighted by atomic mass is 10.2. The first-order chi connectivity index (χ1) is 9.78. The van der Waals surface area contributed by atoms with Crippen molar-refractivity contribution in [1.82, 2.24) is 9.55 Å². The fourth-order valence-electron chi connectivity index (χ4n) is 2.71. The van der Waals surface area contributed by atoms with Crippen LogP contribution in [0.15, 0.2) is 30.6 Å². The Hall–Kier alpha value is -2.04. The van der Waals surface area contributed by atoms with Crippen molar-refractivity contribution in [3.05, 3.63) is 36.4 Å². The van der Waals surface area contributed by atoms with Gasteiger partial charge < -0.3 is 10.1 Å². The van der Waals surface area contributed by atoms with Crippen LogP contribution in [-0.2, 0) is 0 Å². The van der Waals surface area contributed by atoms with Crippen molar-refractivity contribution in [2.45, 2.75) is 31.7 Å². The molecule has 2 aromatic rings. The maximum absolute atomic E-state index is 13.3. The predicted molar refractivity (Wildman–Crippen MR) is 76.0 cm³/mol. The Kier molecular flexibility index (Phi) is 3.58. The van der Waals surface area contributed by atoms with Gasteiger partial charge in [0.25, 0.3) is 0 Å². The smallest absolute Gasteiger partial charge is 0.207 e. The van der Waals surface area contributed by atoms with Crippen molar-refractivity contribution < 1.29 is 9.13 Å². The van der Waals surface area contributed by atoms with Crippen molar-refractivity contribution in [3.63, 3.8) is 0 Å². The van der Waals surface area contributed by atoms with Gasteiger partial charge in [0.2, 0.25) is 5.95 Å². The van der Waals surface area contributed by atoms with Crippen LogP contribution in [0.2, 0.25) is 0 Å². The van der Waals surface area contributed by atoms with Gasteiger partial charge in [-0.2, -0.15) is 0 Å². The SMILES string of the molecule is COc1cc(F)ccc1-n1ccnc1NC1CCCC1. The van der Waals surface area contributed by atoms with Gasteiger partial charge in [0.05, 0.1) is 12.8 Å². The van der Waals surface area contributed by atoms with Crippen molar-refractivity contribution in [3.8, 4) is 11.4 Å².